The van der Waals surface area contributed by atoms with Crippen LogP contribution in [0, 0.1) is 0 Å². The minimum Gasteiger partial charge on any atom is -0.508 e. The Hall–Kier alpha value is -2.94. The molecule has 0 amide bonds. The molecule has 4 aromatic rings. The summed E-state index contributed by atoms with van der Waals surface area (Å²) in [5.74, 6) is 0.257. The normalized spacial score (nSPS) is 11.3. The molecule has 3 N–H and O–H groups in total. The van der Waals surface area contributed by atoms with Crippen molar-refractivity contribution in [1.29, 1.82) is 0 Å². The second-order valence-electron chi connectivity index (χ2n) is 5.55. The first kappa shape index (κ1) is 12.8. The fourth-order valence-corrected chi connectivity index (χ4v) is 3.21. The summed E-state index contributed by atoms with van der Waals surface area (Å²) in [6.45, 7) is 0. The minimum absolute atomic E-state index is 0.257. The molecule has 0 spiro atoms. The van der Waals surface area contributed by atoms with Crippen LogP contribution in [0.25, 0.3) is 32.9 Å². The molecule has 22 heavy (non-hydrogen) atoms. The van der Waals surface area contributed by atoms with E-state index in [4.69, 9.17) is 5.73 Å². The summed E-state index contributed by atoms with van der Waals surface area (Å²) in [4.78, 5) is 0. The number of phenolic OH excluding ortho intramolecular Hbond substituents is 1. The number of fused-ring (bicyclic) bond motifs is 3. The molecule has 0 radical (unpaired) electrons. The van der Waals surface area contributed by atoms with Crippen LogP contribution in [0.1, 0.15) is 0 Å². The highest BCUT2D eigenvalue weighted by Gasteiger charge is 2.15. The van der Waals surface area contributed by atoms with E-state index in [1.807, 2.05) is 30.3 Å². The standard InChI is InChI=1S/C19H16N2O/c1-21-16-5-3-2-4-14(16)19-17(21)11-10-15(20)18(19)12-6-8-13(22)9-7-12/h2-11,22H,20H2,1H3. The van der Waals surface area contributed by atoms with Gasteiger partial charge in [-0.3, -0.25) is 0 Å². The predicted octanol–water partition coefficient (Wildman–Crippen LogP) is 4.29. The summed E-state index contributed by atoms with van der Waals surface area (Å²) >= 11 is 0. The summed E-state index contributed by atoms with van der Waals surface area (Å²) in [5, 5.41) is 11.9. The van der Waals surface area contributed by atoms with E-state index >= 15 is 0 Å². The Morgan fingerprint density at radius 3 is 2.36 bits per heavy atom. The Balaban J connectivity index is 2.20. The molecule has 1 heterocycles. The fraction of sp³-hybridized carbons (Fsp3) is 0.0526. The minimum atomic E-state index is 0.257. The third-order valence-corrected chi connectivity index (χ3v) is 4.27. The van der Waals surface area contributed by atoms with Crippen molar-refractivity contribution in [2.24, 2.45) is 7.05 Å². The molecule has 0 atom stereocenters. The van der Waals surface area contributed by atoms with Crippen molar-refractivity contribution in [2.45, 2.75) is 0 Å². The van der Waals surface area contributed by atoms with Crippen molar-refractivity contribution < 1.29 is 5.11 Å². The summed E-state index contributed by atoms with van der Waals surface area (Å²) in [6, 6.07) is 19.5. The Labute approximate surface area is 128 Å². The van der Waals surface area contributed by atoms with Crippen LogP contribution in [0.3, 0.4) is 0 Å². The summed E-state index contributed by atoms with van der Waals surface area (Å²) in [5.41, 5.74) is 11.4. The molecule has 4 rings (SSSR count). The van der Waals surface area contributed by atoms with Gasteiger partial charge in [-0.05, 0) is 35.9 Å². The topological polar surface area (TPSA) is 51.2 Å². The highest BCUT2D eigenvalue weighted by molar-refractivity contribution is 6.17. The molecule has 3 nitrogen and oxygen atoms in total. The van der Waals surface area contributed by atoms with E-state index in [1.165, 1.54) is 10.9 Å². The first-order valence-corrected chi connectivity index (χ1v) is 7.22. The van der Waals surface area contributed by atoms with E-state index in [-0.39, 0.29) is 5.75 Å². The quantitative estimate of drug-likeness (QED) is 0.513. The average Bonchev–Trinajstić information content (AvgIpc) is 2.82. The molecule has 0 aliphatic rings. The van der Waals surface area contributed by atoms with Gasteiger partial charge >= 0.3 is 0 Å². The number of hydrogen-bond donors (Lipinski definition) is 2. The van der Waals surface area contributed by atoms with Crippen LogP contribution in [0.15, 0.2) is 60.7 Å². The van der Waals surface area contributed by atoms with Gasteiger partial charge in [-0.1, -0.05) is 30.3 Å². The van der Waals surface area contributed by atoms with E-state index in [1.54, 1.807) is 12.1 Å². The first-order valence-electron chi connectivity index (χ1n) is 7.22. The number of nitrogens with zero attached hydrogens (tertiary/aromatic N) is 1. The van der Waals surface area contributed by atoms with E-state index in [0.717, 1.165) is 27.7 Å². The second kappa shape index (κ2) is 4.53. The zero-order chi connectivity index (χ0) is 15.3. The molecule has 1 aromatic heterocycles. The van der Waals surface area contributed by atoms with Crippen LogP contribution in [0.2, 0.25) is 0 Å². The molecule has 0 unspecified atom stereocenters. The third-order valence-electron chi connectivity index (χ3n) is 4.27. The molecule has 0 saturated carbocycles. The monoisotopic (exact) mass is 288 g/mol. The molecule has 0 bridgehead atoms. The average molecular weight is 288 g/mol. The van der Waals surface area contributed by atoms with Crippen LogP contribution in [-0.4, -0.2) is 9.67 Å². The molecular formula is C19H16N2O. The number of phenols is 1. The summed E-state index contributed by atoms with van der Waals surface area (Å²) in [7, 11) is 2.07. The van der Waals surface area contributed by atoms with Crippen molar-refractivity contribution >= 4 is 27.5 Å². The number of anilines is 1. The lowest BCUT2D eigenvalue weighted by Crippen LogP contribution is -1.92. The SMILES string of the molecule is Cn1c2ccccc2c2c(-c3ccc(O)cc3)c(N)ccc21. The maximum atomic E-state index is 9.53. The summed E-state index contributed by atoms with van der Waals surface area (Å²) < 4.78 is 2.19. The van der Waals surface area contributed by atoms with E-state index in [9.17, 15) is 5.11 Å². The number of hydrogen-bond acceptors (Lipinski definition) is 2. The maximum Gasteiger partial charge on any atom is 0.115 e. The highest BCUT2D eigenvalue weighted by Crippen LogP contribution is 2.39. The Morgan fingerprint density at radius 2 is 1.59 bits per heavy atom. The van der Waals surface area contributed by atoms with Crippen LogP contribution in [-0.2, 0) is 7.05 Å². The molecule has 3 heteroatoms. The predicted molar refractivity (Wildman–Crippen MR) is 91.9 cm³/mol. The number of aryl methyl sites for hydroxylation is 1. The van der Waals surface area contributed by atoms with E-state index in [2.05, 4.69) is 29.8 Å². The van der Waals surface area contributed by atoms with Gasteiger partial charge in [-0.15, -0.1) is 0 Å². The number of aromatic nitrogens is 1. The van der Waals surface area contributed by atoms with Gasteiger partial charge in [-0.2, -0.15) is 0 Å². The molecule has 0 fully saturated rings. The fourth-order valence-electron chi connectivity index (χ4n) is 3.21. The Bertz CT molecular complexity index is 997. The molecule has 3 aromatic carbocycles. The van der Waals surface area contributed by atoms with Crippen molar-refractivity contribution in [3.63, 3.8) is 0 Å². The molecule has 0 saturated heterocycles. The molecular weight excluding hydrogens is 272 g/mol. The number of nitrogen functional groups attached to an aromatic ring is 1. The number of para-hydroxylation sites is 1. The van der Waals surface area contributed by atoms with Crippen molar-refractivity contribution in [2.75, 3.05) is 5.73 Å². The maximum absolute atomic E-state index is 9.53. The largest absolute Gasteiger partial charge is 0.508 e. The Morgan fingerprint density at radius 1 is 0.864 bits per heavy atom. The van der Waals surface area contributed by atoms with Crippen molar-refractivity contribution in [3.8, 4) is 16.9 Å². The van der Waals surface area contributed by atoms with Gasteiger partial charge < -0.3 is 15.4 Å². The van der Waals surface area contributed by atoms with Gasteiger partial charge in [0.1, 0.15) is 5.75 Å². The number of benzene rings is 3. The van der Waals surface area contributed by atoms with Crippen LogP contribution in [0.5, 0.6) is 5.75 Å². The lowest BCUT2D eigenvalue weighted by atomic mass is 9.97. The van der Waals surface area contributed by atoms with Gasteiger partial charge in [-0.25, -0.2) is 0 Å². The molecule has 0 aliphatic heterocycles. The third kappa shape index (κ3) is 1.69. The summed E-state index contributed by atoms with van der Waals surface area (Å²) in [6.07, 6.45) is 0. The molecule has 108 valence electrons. The van der Waals surface area contributed by atoms with Crippen LogP contribution in [0.4, 0.5) is 5.69 Å². The van der Waals surface area contributed by atoms with E-state index in [0.29, 0.717) is 0 Å². The number of nitrogens with two attached hydrogens (primary N) is 1. The highest BCUT2D eigenvalue weighted by atomic mass is 16.3. The van der Waals surface area contributed by atoms with Crippen LogP contribution >= 0.6 is 0 Å². The van der Waals surface area contributed by atoms with E-state index < -0.39 is 0 Å². The molecule has 0 aliphatic carbocycles. The zero-order valence-electron chi connectivity index (χ0n) is 12.2. The zero-order valence-corrected chi connectivity index (χ0v) is 12.2. The van der Waals surface area contributed by atoms with Gasteiger partial charge in [0.2, 0.25) is 0 Å². The Kier molecular flexibility index (Phi) is 2.63. The smallest absolute Gasteiger partial charge is 0.115 e. The first-order chi connectivity index (χ1) is 10.7. The number of rotatable bonds is 1. The van der Waals surface area contributed by atoms with Crippen molar-refractivity contribution in [3.05, 3.63) is 60.7 Å². The van der Waals surface area contributed by atoms with Gasteiger partial charge in [0.05, 0.1) is 0 Å². The number of aromatic hydroxyl groups is 1. The van der Waals surface area contributed by atoms with Crippen molar-refractivity contribution in [1.82, 2.24) is 4.57 Å². The van der Waals surface area contributed by atoms with Gasteiger partial charge in [0.25, 0.3) is 0 Å². The lowest BCUT2D eigenvalue weighted by molar-refractivity contribution is 0.475. The van der Waals surface area contributed by atoms with Gasteiger partial charge in [0, 0.05) is 40.1 Å². The lowest BCUT2D eigenvalue weighted by Gasteiger charge is -2.09. The second-order valence-corrected chi connectivity index (χ2v) is 5.55. The van der Waals surface area contributed by atoms with Gasteiger partial charge in [0.15, 0.2) is 0 Å². The van der Waals surface area contributed by atoms with Crippen LogP contribution < -0.4 is 5.73 Å².